The summed E-state index contributed by atoms with van der Waals surface area (Å²) in [6.45, 7) is -0.464. The molecule has 8 rings (SSSR count). The summed E-state index contributed by atoms with van der Waals surface area (Å²) >= 11 is 13.0. The first kappa shape index (κ1) is 41.1. The van der Waals surface area contributed by atoms with Gasteiger partial charge >= 0.3 is 18.7 Å². The number of ether oxygens (including phenoxy) is 4. The van der Waals surface area contributed by atoms with Crippen LogP contribution in [-0.2, 0) is 22.4 Å². The zero-order chi connectivity index (χ0) is 38.5. The fourth-order valence-electron chi connectivity index (χ4n) is 7.56. The van der Waals surface area contributed by atoms with Crippen LogP contribution >= 0.6 is 23.2 Å². The molecule has 56 heavy (non-hydrogen) atoms. The third kappa shape index (κ3) is 9.87. The standard InChI is InChI=1S/C41H40Cl2F3N3O6.H2O/c42-31-21-47-22-32(43)30(31)20-36(28-13-14-35(54-40(45)46)37(19-28)52-29-5-1-2-6-29)53-39(50)27-11-9-25(10-12-27)23-49(34-8-4-3-7-33(34)44)41(51)55-38-24-48-17-15-26(38)16-18-48;/h3-4,7-14,19,21-22,26,29,36,38,40H,1-2,5-6,15-18,20,23-24H2;1H2/t36-,38-;/m0./s1. The number of alkyl halides is 2. The molecule has 4 heterocycles. The van der Waals surface area contributed by atoms with Crippen LogP contribution in [0.2, 0.25) is 10.0 Å². The summed E-state index contributed by atoms with van der Waals surface area (Å²) in [5.41, 5.74) is 1.84. The van der Waals surface area contributed by atoms with Crippen molar-refractivity contribution in [1.29, 1.82) is 0 Å². The number of aromatic amines is 1. The molecule has 4 fully saturated rings. The summed E-state index contributed by atoms with van der Waals surface area (Å²) in [6.07, 6.45) is 6.46. The quantitative estimate of drug-likeness (QED) is 0.123. The van der Waals surface area contributed by atoms with E-state index in [4.69, 9.17) is 42.1 Å². The van der Waals surface area contributed by atoms with Crippen molar-refractivity contribution in [2.75, 3.05) is 24.5 Å². The molecule has 2 N–H and O–H groups in total. The van der Waals surface area contributed by atoms with Crippen LogP contribution in [0.3, 0.4) is 0 Å². The van der Waals surface area contributed by atoms with Crippen molar-refractivity contribution in [3.8, 4) is 11.5 Å². The number of hydrogen-bond donors (Lipinski definition) is 0. The molecule has 0 unspecified atom stereocenters. The maximum Gasteiger partial charge on any atom is 0.415 e. The number of anilines is 1. The monoisotopic (exact) mass is 815 g/mol. The topological polar surface area (TPSA) is 122 Å². The van der Waals surface area contributed by atoms with Crippen molar-refractivity contribution in [3.05, 3.63) is 117 Å². The number of halogens is 5. The molecule has 0 radical (unpaired) electrons. The number of rotatable bonds is 13. The third-order valence-electron chi connectivity index (χ3n) is 10.5. The van der Waals surface area contributed by atoms with Crippen molar-refractivity contribution in [3.63, 3.8) is 0 Å². The van der Waals surface area contributed by atoms with E-state index in [1.807, 2.05) is 0 Å². The Balaban J connectivity index is 0.00000532. The zero-order valence-corrected chi connectivity index (χ0v) is 31.9. The third-order valence-corrected chi connectivity index (χ3v) is 11.2. The number of aromatic nitrogens is 1. The summed E-state index contributed by atoms with van der Waals surface area (Å²) in [4.78, 5) is 33.8. The first-order valence-electron chi connectivity index (χ1n) is 18.5. The van der Waals surface area contributed by atoms with Gasteiger partial charge in [0.1, 0.15) is 28.1 Å². The van der Waals surface area contributed by atoms with Gasteiger partial charge in [-0.05, 0) is 105 Å². The molecule has 3 aliphatic heterocycles. The highest BCUT2D eigenvalue weighted by Crippen LogP contribution is 2.38. The number of hydrogen-bond acceptors (Lipinski definition) is 8. The van der Waals surface area contributed by atoms with Crippen LogP contribution in [0.25, 0.3) is 0 Å². The van der Waals surface area contributed by atoms with Crippen LogP contribution < -0.4 is 19.4 Å². The molecule has 298 valence electrons. The van der Waals surface area contributed by atoms with Crippen LogP contribution in [0.4, 0.5) is 23.7 Å². The Morgan fingerprint density at radius 1 is 0.911 bits per heavy atom. The van der Waals surface area contributed by atoms with Gasteiger partial charge in [-0.15, -0.1) is 0 Å². The van der Waals surface area contributed by atoms with Crippen LogP contribution in [0.15, 0.2) is 79.1 Å². The number of nitrogens with zero attached hydrogens (tertiary/aromatic N) is 2. The predicted molar refractivity (Wildman–Crippen MR) is 201 cm³/mol. The number of carbonyl (C=O) groups excluding carboxylic acids is 2. The van der Waals surface area contributed by atoms with Gasteiger partial charge in [0, 0.05) is 18.5 Å². The summed E-state index contributed by atoms with van der Waals surface area (Å²) in [6, 6.07) is 16.9. The molecule has 4 aliphatic rings. The lowest BCUT2D eigenvalue weighted by molar-refractivity contribution is -0.377. The first-order valence-corrected chi connectivity index (χ1v) is 19.2. The molecule has 3 aromatic carbocycles. The van der Waals surface area contributed by atoms with E-state index in [0.717, 1.165) is 51.6 Å². The van der Waals surface area contributed by atoms with Gasteiger partial charge in [-0.2, -0.15) is 8.78 Å². The van der Waals surface area contributed by atoms with Crippen molar-refractivity contribution >= 4 is 41.0 Å². The number of H-pyrrole nitrogens is 1. The normalized spacial score (nSPS) is 19.6. The van der Waals surface area contributed by atoms with Gasteiger partial charge in [0.25, 0.3) is 0 Å². The molecule has 4 aromatic rings. The van der Waals surface area contributed by atoms with Gasteiger partial charge in [-0.3, -0.25) is 9.80 Å². The second-order valence-electron chi connectivity index (χ2n) is 14.1. The zero-order valence-electron chi connectivity index (χ0n) is 30.4. The minimum Gasteiger partial charge on any atom is -0.870 e. The number of piperidine rings is 3. The Morgan fingerprint density at radius 3 is 2.25 bits per heavy atom. The van der Waals surface area contributed by atoms with Crippen molar-refractivity contribution < 1.29 is 52.2 Å². The summed E-state index contributed by atoms with van der Waals surface area (Å²) in [5, 5.41) is 0.619. The number of benzene rings is 3. The van der Waals surface area contributed by atoms with Crippen molar-refractivity contribution in [1.82, 2.24) is 4.90 Å². The fraction of sp³-hybridized carbons (Fsp3) is 0.390. The largest absolute Gasteiger partial charge is 0.870 e. The van der Waals surface area contributed by atoms with E-state index >= 15 is 4.39 Å². The van der Waals surface area contributed by atoms with Crippen LogP contribution in [0.1, 0.15) is 71.7 Å². The fourth-order valence-corrected chi connectivity index (χ4v) is 8.09. The number of amides is 1. The number of nitrogens with one attached hydrogen (secondary N) is 1. The average Bonchev–Trinajstić information content (AvgIpc) is 3.69. The van der Waals surface area contributed by atoms with E-state index in [-0.39, 0.29) is 59.3 Å². The molecule has 1 aromatic heterocycles. The Morgan fingerprint density at radius 2 is 1.61 bits per heavy atom. The van der Waals surface area contributed by atoms with E-state index in [1.165, 1.54) is 29.2 Å². The van der Waals surface area contributed by atoms with E-state index in [2.05, 4.69) is 9.88 Å². The molecule has 1 aliphatic carbocycles. The Kier molecular flexibility index (Phi) is 13.6. The van der Waals surface area contributed by atoms with Gasteiger partial charge in [0.2, 0.25) is 0 Å². The molecule has 2 bridgehead atoms. The highest BCUT2D eigenvalue weighted by atomic mass is 35.5. The number of fused-ring (bicyclic) bond motifs is 3. The van der Waals surface area contributed by atoms with Crippen LogP contribution in [-0.4, -0.2) is 60.9 Å². The van der Waals surface area contributed by atoms with E-state index < -0.39 is 30.6 Å². The molecule has 15 heteroatoms. The molecule has 2 atom stereocenters. The first-order chi connectivity index (χ1) is 26.6. The number of para-hydroxylation sites is 1. The Bertz CT molecular complexity index is 1960. The van der Waals surface area contributed by atoms with Gasteiger partial charge in [-0.25, -0.2) is 19.0 Å². The second-order valence-corrected chi connectivity index (χ2v) is 14.9. The summed E-state index contributed by atoms with van der Waals surface area (Å²) in [5.74, 6) is -1.01. The minimum atomic E-state index is -3.07. The van der Waals surface area contributed by atoms with Crippen molar-refractivity contribution in [2.24, 2.45) is 5.92 Å². The second kappa shape index (κ2) is 18.6. The minimum absolute atomic E-state index is 0. The van der Waals surface area contributed by atoms with Gasteiger partial charge < -0.3 is 24.4 Å². The maximum absolute atomic E-state index is 15.1. The number of esters is 1. The lowest BCUT2D eigenvalue weighted by Gasteiger charge is -2.44. The van der Waals surface area contributed by atoms with Crippen molar-refractivity contribution in [2.45, 2.75) is 76.4 Å². The highest BCUT2D eigenvalue weighted by molar-refractivity contribution is 6.35. The maximum atomic E-state index is 15.1. The van der Waals surface area contributed by atoms with Gasteiger partial charge in [0.15, 0.2) is 23.9 Å². The van der Waals surface area contributed by atoms with Gasteiger partial charge in [0.05, 0.1) is 23.9 Å². The SMILES string of the molecule is O=C(O[C@@H](Cc1c(Cl)c[nH+]cc1Cl)c1ccc(OC(F)F)c(OC2CCCC2)c1)c1ccc(CN(C(=O)O[C@H]2CN3CCC2CC3)c2ccccc2F)cc1.[OH-]. The predicted octanol–water partition coefficient (Wildman–Crippen LogP) is 9.07. The number of pyridine rings is 1. The smallest absolute Gasteiger partial charge is 0.415 e. The molecule has 1 saturated carbocycles. The molecular formula is C41H42Cl2F3N3O7. The van der Waals surface area contributed by atoms with Gasteiger partial charge in [-0.1, -0.05) is 53.5 Å². The van der Waals surface area contributed by atoms with Crippen LogP contribution in [0, 0.1) is 11.7 Å². The average molecular weight is 817 g/mol. The summed E-state index contributed by atoms with van der Waals surface area (Å²) in [7, 11) is 0. The Labute approximate surface area is 332 Å². The molecule has 10 nitrogen and oxygen atoms in total. The molecule has 0 spiro atoms. The lowest BCUT2D eigenvalue weighted by Crippen LogP contribution is -2.53. The molecule has 1 amide bonds. The summed E-state index contributed by atoms with van der Waals surface area (Å²) < 4.78 is 64.8. The van der Waals surface area contributed by atoms with Crippen LogP contribution in [0.5, 0.6) is 11.5 Å². The molecule has 3 saturated heterocycles. The van der Waals surface area contributed by atoms with E-state index in [0.29, 0.717) is 33.3 Å². The number of carbonyl (C=O) groups is 2. The highest BCUT2D eigenvalue weighted by Gasteiger charge is 2.38. The lowest BCUT2D eigenvalue weighted by atomic mass is 9.86. The van der Waals surface area contributed by atoms with E-state index in [9.17, 15) is 18.4 Å². The molecular weight excluding hydrogens is 774 g/mol. The Hall–Kier alpha value is -4.56. The van der Waals surface area contributed by atoms with E-state index in [1.54, 1.807) is 54.9 Å².